The number of aromatic nitrogens is 5. The molecule has 0 fully saturated rings. The van der Waals surface area contributed by atoms with Crippen LogP contribution in [0.25, 0.3) is 11.2 Å². The SMILES string of the molecule is Cn1c(=O)c2c(nc(CCc3cccc(C(F)(F)F)c3)n2Cc2ccc(Cl)cc2)n(Cc2ccccn2)c1=O. The number of imidazole rings is 1. The zero-order valence-corrected chi connectivity index (χ0v) is 21.6. The van der Waals surface area contributed by atoms with E-state index in [2.05, 4.69) is 4.98 Å². The van der Waals surface area contributed by atoms with E-state index < -0.39 is 23.0 Å². The minimum atomic E-state index is -4.45. The highest BCUT2D eigenvalue weighted by Crippen LogP contribution is 2.30. The molecule has 3 heterocycles. The first-order chi connectivity index (χ1) is 18.6. The van der Waals surface area contributed by atoms with Crippen molar-refractivity contribution in [3.63, 3.8) is 0 Å². The van der Waals surface area contributed by atoms with Gasteiger partial charge < -0.3 is 4.57 Å². The molecule has 0 amide bonds. The fourth-order valence-corrected chi connectivity index (χ4v) is 4.62. The van der Waals surface area contributed by atoms with Crippen LogP contribution in [0.4, 0.5) is 13.2 Å². The number of nitrogens with zero attached hydrogens (tertiary/aromatic N) is 5. The van der Waals surface area contributed by atoms with Crippen molar-refractivity contribution in [3.8, 4) is 0 Å². The molecule has 0 atom stereocenters. The van der Waals surface area contributed by atoms with Gasteiger partial charge >= 0.3 is 11.9 Å². The van der Waals surface area contributed by atoms with Crippen molar-refractivity contribution in [2.75, 3.05) is 0 Å². The van der Waals surface area contributed by atoms with E-state index in [0.717, 1.165) is 22.3 Å². The Morgan fingerprint density at radius 1 is 0.872 bits per heavy atom. The normalized spacial score (nSPS) is 11.8. The Kier molecular flexibility index (Phi) is 7.14. The average Bonchev–Trinajstić information content (AvgIpc) is 3.28. The second-order valence-electron chi connectivity index (χ2n) is 9.16. The summed E-state index contributed by atoms with van der Waals surface area (Å²) < 4.78 is 43.9. The van der Waals surface area contributed by atoms with Crippen LogP contribution in [0.15, 0.2) is 82.5 Å². The number of pyridine rings is 1. The van der Waals surface area contributed by atoms with E-state index in [0.29, 0.717) is 22.1 Å². The maximum Gasteiger partial charge on any atom is 0.416 e. The molecule has 11 heteroatoms. The Balaban J connectivity index is 1.64. The van der Waals surface area contributed by atoms with Crippen molar-refractivity contribution in [1.82, 2.24) is 23.7 Å². The molecule has 0 aliphatic heterocycles. The quantitative estimate of drug-likeness (QED) is 0.289. The Morgan fingerprint density at radius 3 is 2.33 bits per heavy atom. The van der Waals surface area contributed by atoms with E-state index >= 15 is 0 Å². The lowest BCUT2D eigenvalue weighted by Crippen LogP contribution is -2.39. The summed E-state index contributed by atoms with van der Waals surface area (Å²) in [6.45, 7) is 0.345. The van der Waals surface area contributed by atoms with Crippen LogP contribution in [0, 0.1) is 0 Å². The molecule has 0 saturated heterocycles. The lowest BCUT2D eigenvalue weighted by molar-refractivity contribution is -0.137. The Morgan fingerprint density at radius 2 is 1.64 bits per heavy atom. The van der Waals surface area contributed by atoms with Gasteiger partial charge in [-0.3, -0.25) is 18.9 Å². The molecular formula is C28H23ClF3N5O2. The standard InChI is InChI=1S/C28H23ClF3N5O2/c1-35-26(38)24-25(37(27(35)39)17-22-7-2-3-14-33-22)34-23(36(24)16-19-8-11-21(29)12-9-19)13-10-18-5-4-6-20(15-18)28(30,31)32/h2-9,11-12,14-15H,10,13,16-17H2,1H3. The predicted octanol–water partition coefficient (Wildman–Crippen LogP) is 4.85. The van der Waals surface area contributed by atoms with Crippen molar-refractivity contribution in [3.05, 3.63) is 127 Å². The second kappa shape index (κ2) is 10.5. The van der Waals surface area contributed by atoms with Crippen LogP contribution in [-0.4, -0.2) is 23.7 Å². The van der Waals surface area contributed by atoms with E-state index in [1.807, 2.05) is 12.1 Å². The molecule has 0 unspecified atom stereocenters. The summed E-state index contributed by atoms with van der Waals surface area (Å²) in [6.07, 6.45) is -2.35. The Hall–Kier alpha value is -4.18. The van der Waals surface area contributed by atoms with Crippen LogP contribution < -0.4 is 11.2 Å². The summed E-state index contributed by atoms with van der Waals surface area (Å²) in [7, 11) is 1.40. The number of fused-ring (bicyclic) bond motifs is 1. The minimum absolute atomic E-state index is 0.0926. The third-order valence-corrected chi connectivity index (χ3v) is 6.75. The molecule has 0 radical (unpaired) electrons. The van der Waals surface area contributed by atoms with Crippen LogP contribution in [0.3, 0.4) is 0 Å². The first-order valence-electron chi connectivity index (χ1n) is 12.1. The van der Waals surface area contributed by atoms with E-state index in [4.69, 9.17) is 16.6 Å². The van der Waals surface area contributed by atoms with Crippen molar-refractivity contribution < 1.29 is 13.2 Å². The van der Waals surface area contributed by atoms with Gasteiger partial charge in [-0.05, 0) is 47.9 Å². The van der Waals surface area contributed by atoms with Gasteiger partial charge in [-0.2, -0.15) is 13.2 Å². The third kappa shape index (κ3) is 5.51. The van der Waals surface area contributed by atoms with Crippen LogP contribution in [-0.2, 0) is 39.2 Å². The fourth-order valence-electron chi connectivity index (χ4n) is 4.49. The molecule has 5 rings (SSSR count). The number of benzene rings is 2. The van der Waals surface area contributed by atoms with Gasteiger partial charge in [0.2, 0.25) is 0 Å². The highest BCUT2D eigenvalue weighted by Gasteiger charge is 2.30. The number of rotatable bonds is 7. The van der Waals surface area contributed by atoms with Gasteiger partial charge in [0.1, 0.15) is 5.82 Å². The topological polar surface area (TPSA) is 74.7 Å². The first-order valence-corrected chi connectivity index (χ1v) is 12.5. The van der Waals surface area contributed by atoms with Crippen LogP contribution in [0.5, 0.6) is 0 Å². The van der Waals surface area contributed by atoms with Gasteiger partial charge in [-0.15, -0.1) is 0 Å². The summed E-state index contributed by atoms with van der Waals surface area (Å²) in [4.78, 5) is 35.6. The van der Waals surface area contributed by atoms with Gasteiger partial charge in [-0.1, -0.05) is 48.0 Å². The van der Waals surface area contributed by atoms with E-state index in [1.165, 1.54) is 17.7 Å². The highest BCUT2D eigenvalue weighted by molar-refractivity contribution is 6.30. The predicted molar refractivity (Wildman–Crippen MR) is 142 cm³/mol. The van der Waals surface area contributed by atoms with Crippen molar-refractivity contribution in [1.29, 1.82) is 0 Å². The van der Waals surface area contributed by atoms with Gasteiger partial charge in [0.25, 0.3) is 5.56 Å². The van der Waals surface area contributed by atoms with E-state index in [9.17, 15) is 22.8 Å². The molecule has 2 aromatic carbocycles. The molecule has 0 aliphatic rings. The summed E-state index contributed by atoms with van der Waals surface area (Å²) in [5.41, 5.74) is 0.559. The van der Waals surface area contributed by atoms with Crippen molar-refractivity contribution >= 4 is 22.8 Å². The average molecular weight is 554 g/mol. The van der Waals surface area contributed by atoms with Gasteiger partial charge in [0, 0.05) is 31.2 Å². The monoisotopic (exact) mass is 553 g/mol. The Bertz CT molecular complexity index is 1760. The summed E-state index contributed by atoms with van der Waals surface area (Å²) in [5, 5.41) is 0.555. The lowest BCUT2D eigenvalue weighted by atomic mass is 10.1. The number of hydrogen-bond donors (Lipinski definition) is 0. The first kappa shape index (κ1) is 26.4. The summed E-state index contributed by atoms with van der Waals surface area (Å²) in [5.74, 6) is 0.467. The van der Waals surface area contributed by atoms with Crippen LogP contribution in [0.2, 0.25) is 5.02 Å². The smallest absolute Gasteiger partial charge is 0.318 e. The maximum absolute atomic E-state index is 13.4. The van der Waals surface area contributed by atoms with E-state index in [-0.39, 0.29) is 37.1 Å². The molecule has 0 aliphatic carbocycles. The van der Waals surface area contributed by atoms with Gasteiger partial charge in [0.05, 0.1) is 17.8 Å². The third-order valence-electron chi connectivity index (χ3n) is 6.50. The largest absolute Gasteiger partial charge is 0.416 e. The molecule has 3 aromatic heterocycles. The highest BCUT2D eigenvalue weighted by atomic mass is 35.5. The van der Waals surface area contributed by atoms with Crippen LogP contribution >= 0.6 is 11.6 Å². The number of halogens is 4. The van der Waals surface area contributed by atoms with Crippen LogP contribution in [0.1, 0.15) is 28.2 Å². The number of hydrogen-bond acceptors (Lipinski definition) is 4. The molecule has 200 valence electrons. The molecule has 0 N–H and O–H groups in total. The van der Waals surface area contributed by atoms with Crippen molar-refractivity contribution in [2.24, 2.45) is 7.05 Å². The fraction of sp³-hybridized carbons (Fsp3) is 0.214. The minimum Gasteiger partial charge on any atom is -0.318 e. The van der Waals surface area contributed by atoms with Gasteiger partial charge in [0.15, 0.2) is 11.2 Å². The summed E-state index contributed by atoms with van der Waals surface area (Å²) in [6, 6.07) is 17.6. The second-order valence-corrected chi connectivity index (χ2v) is 9.60. The summed E-state index contributed by atoms with van der Waals surface area (Å²) >= 11 is 6.05. The molecular weight excluding hydrogens is 531 g/mol. The zero-order valence-electron chi connectivity index (χ0n) is 20.8. The number of alkyl halides is 3. The number of aryl methyl sites for hydroxylation is 2. The molecule has 0 spiro atoms. The molecule has 0 bridgehead atoms. The molecule has 7 nitrogen and oxygen atoms in total. The van der Waals surface area contributed by atoms with E-state index in [1.54, 1.807) is 47.2 Å². The Labute approximate surface area is 225 Å². The lowest BCUT2D eigenvalue weighted by Gasteiger charge is -2.12. The molecule has 0 saturated carbocycles. The zero-order chi connectivity index (χ0) is 27.7. The van der Waals surface area contributed by atoms with Crippen molar-refractivity contribution in [2.45, 2.75) is 32.1 Å². The molecule has 39 heavy (non-hydrogen) atoms. The van der Waals surface area contributed by atoms with Gasteiger partial charge in [-0.25, -0.2) is 9.78 Å². The maximum atomic E-state index is 13.4. The molecule has 5 aromatic rings.